The molecule has 0 aromatic carbocycles. The van der Waals surface area contributed by atoms with Crippen LogP contribution in [0.5, 0.6) is 0 Å². The minimum Gasteiger partial charge on any atom is -0.380 e. The van der Waals surface area contributed by atoms with E-state index in [4.69, 9.17) is 9.29 Å². The van der Waals surface area contributed by atoms with Gasteiger partial charge in [-0.3, -0.25) is 4.55 Å². The molecule has 5 heteroatoms. The van der Waals surface area contributed by atoms with Gasteiger partial charge in [0.15, 0.2) is 0 Å². The molecule has 11 heavy (non-hydrogen) atoms. The molecule has 0 saturated heterocycles. The Morgan fingerprint density at radius 2 is 2.09 bits per heavy atom. The molecule has 0 aliphatic heterocycles. The van der Waals surface area contributed by atoms with Crippen molar-refractivity contribution in [2.24, 2.45) is 0 Å². The number of hydrogen-bond acceptors (Lipinski definition) is 3. The van der Waals surface area contributed by atoms with E-state index in [2.05, 4.69) is 0 Å². The Hall–Kier alpha value is -0.130. The quantitative estimate of drug-likeness (QED) is 0.635. The van der Waals surface area contributed by atoms with Crippen molar-refractivity contribution in [1.29, 1.82) is 0 Å². The number of methoxy groups -OCH3 is 1. The first-order valence-corrected chi connectivity index (χ1v) is 5.08. The van der Waals surface area contributed by atoms with Crippen molar-refractivity contribution in [2.75, 3.05) is 12.9 Å². The normalized spacial score (nSPS) is 14.8. The van der Waals surface area contributed by atoms with Gasteiger partial charge in [-0.05, 0) is 6.42 Å². The Morgan fingerprint density at radius 1 is 1.55 bits per heavy atom. The van der Waals surface area contributed by atoms with Crippen LogP contribution in [-0.4, -0.2) is 31.9 Å². The van der Waals surface area contributed by atoms with Crippen molar-refractivity contribution in [1.82, 2.24) is 0 Å². The molecule has 68 valence electrons. The third-order valence-electron chi connectivity index (χ3n) is 1.34. The van der Waals surface area contributed by atoms with Gasteiger partial charge in [-0.15, -0.1) is 0 Å². The van der Waals surface area contributed by atoms with Gasteiger partial charge >= 0.3 is 0 Å². The van der Waals surface area contributed by atoms with Crippen molar-refractivity contribution in [3.63, 3.8) is 0 Å². The van der Waals surface area contributed by atoms with Crippen LogP contribution in [0, 0.1) is 0 Å². The van der Waals surface area contributed by atoms with Gasteiger partial charge < -0.3 is 4.74 Å². The molecule has 0 radical (unpaired) electrons. The van der Waals surface area contributed by atoms with Gasteiger partial charge in [-0.25, -0.2) is 0 Å². The average Bonchev–Trinajstić information content (AvgIpc) is 1.84. The zero-order chi connectivity index (χ0) is 8.91. The number of ether oxygens (including phenoxy) is 1. The summed E-state index contributed by atoms with van der Waals surface area (Å²) in [7, 11) is -2.45. The van der Waals surface area contributed by atoms with Crippen molar-refractivity contribution >= 4 is 10.1 Å². The molecule has 0 aliphatic rings. The maximum atomic E-state index is 10.4. The fraction of sp³-hybridized carbons (Fsp3) is 1.00. The van der Waals surface area contributed by atoms with Crippen LogP contribution in [0.25, 0.3) is 0 Å². The molecule has 0 bridgehead atoms. The minimum atomic E-state index is -3.88. The summed E-state index contributed by atoms with van der Waals surface area (Å²) in [5.74, 6) is -0.308. The fourth-order valence-corrected chi connectivity index (χ4v) is 1.60. The van der Waals surface area contributed by atoms with Crippen LogP contribution in [0.4, 0.5) is 0 Å². The second-order valence-corrected chi connectivity index (χ2v) is 3.89. The highest BCUT2D eigenvalue weighted by atomic mass is 32.2. The summed E-state index contributed by atoms with van der Waals surface area (Å²) in [5.41, 5.74) is 0. The second kappa shape index (κ2) is 4.69. The maximum absolute atomic E-state index is 10.4. The largest absolute Gasteiger partial charge is 0.380 e. The van der Waals surface area contributed by atoms with Crippen LogP contribution in [0.1, 0.15) is 19.8 Å². The molecule has 4 nitrogen and oxygen atoms in total. The molecule has 1 unspecified atom stereocenters. The van der Waals surface area contributed by atoms with Crippen LogP contribution < -0.4 is 0 Å². The summed E-state index contributed by atoms with van der Waals surface area (Å²) >= 11 is 0. The SMILES string of the molecule is CCCC(CS(=O)(=O)O)OC. The zero-order valence-electron chi connectivity index (χ0n) is 6.78. The topological polar surface area (TPSA) is 63.6 Å². The zero-order valence-corrected chi connectivity index (χ0v) is 7.60. The molecule has 1 N–H and O–H groups in total. The van der Waals surface area contributed by atoms with E-state index >= 15 is 0 Å². The Labute approximate surface area is 67.3 Å². The van der Waals surface area contributed by atoms with E-state index in [9.17, 15) is 8.42 Å². The molecule has 1 atom stereocenters. The van der Waals surface area contributed by atoms with Gasteiger partial charge in [-0.2, -0.15) is 8.42 Å². The molecule has 0 aliphatic carbocycles. The average molecular weight is 182 g/mol. The monoisotopic (exact) mass is 182 g/mol. The van der Waals surface area contributed by atoms with E-state index in [1.165, 1.54) is 7.11 Å². The van der Waals surface area contributed by atoms with E-state index in [1.807, 2.05) is 6.92 Å². The van der Waals surface area contributed by atoms with Gasteiger partial charge in [0.05, 0.1) is 6.10 Å². The molecule has 0 heterocycles. The van der Waals surface area contributed by atoms with E-state index in [0.29, 0.717) is 6.42 Å². The highest BCUT2D eigenvalue weighted by molar-refractivity contribution is 7.85. The summed E-state index contributed by atoms with van der Waals surface area (Å²) in [5, 5.41) is 0. The number of rotatable bonds is 5. The lowest BCUT2D eigenvalue weighted by Gasteiger charge is -2.11. The van der Waals surface area contributed by atoms with E-state index < -0.39 is 10.1 Å². The lowest BCUT2D eigenvalue weighted by Crippen LogP contribution is -2.22. The predicted octanol–water partition coefficient (Wildman–Crippen LogP) is 0.689. The molecule has 0 saturated carbocycles. The van der Waals surface area contributed by atoms with Crippen molar-refractivity contribution < 1.29 is 17.7 Å². The minimum absolute atomic E-state index is 0.308. The van der Waals surface area contributed by atoms with Crippen LogP contribution in [-0.2, 0) is 14.9 Å². The fourth-order valence-electron chi connectivity index (χ4n) is 0.826. The summed E-state index contributed by atoms with van der Waals surface area (Å²) in [6.45, 7) is 1.93. The molecule has 0 aromatic heterocycles. The molecular formula is C6H14O4S. The Balaban J connectivity index is 3.88. The van der Waals surface area contributed by atoms with Gasteiger partial charge in [0.2, 0.25) is 0 Å². The predicted molar refractivity (Wildman–Crippen MR) is 42.1 cm³/mol. The first-order chi connectivity index (χ1) is 4.99. The smallest absolute Gasteiger partial charge is 0.267 e. The van der Waals surface area contributed by atoms with Crippen LogP contribution in [0.15, 0.2) is 0 Å². The second-order valence-electron chi connectivity index (χ2n) is 2.39. The van der Waals surface area contributed by atoms with Crippen molar-refractivity contribution in [3.8, 4) is 0 Å². The molecular weight excluding hydrogens is 168 g/mol. The van der Waals surface area contributed by atoms with Gasteiger partial charge in [-0.1, -0.05) is 13.3 Å². The van der Waals surface area contributed by atoms with E-state index in [0.717, 1.165) is 6.42 Å². The summed E-state index contributed by atoms with van der Waals surface area (Å²) < 4.78 is 34.0. The molecule has 0 spiro atoms. The maximum Gasteiger partial charge on any atom is 0.267 e. The van der Waals surface area contributed by atoms with Crippen molar-refractivity contribution in [2.45, 2.75) is 25.9 Å². The van der Waals surface area contributed by atoms with Gasteiger partial charge in [0.1, 0.15) is 5.75 Å². The third-order valence-corrected chi connectivity index (χ3v) is 2.13. The summed E-state index contributed by atoms with van der Waals surface area (Å²) in [6, 6.07) is 0. The van der Waals surface area contributed by atoms with E-state index in [-0.39, 0.29) is 11.9 Å². The molecule has 0 aromatic rings. The van der Waals surface area contributed by atoms with Gasteiger partial charge in [0.25, 0.3) is 10.1 Å². The molecule has 0 rings (SSSR count). The third kappa shape index (κ3) is 6.28. The highest BCUT2D eigenvalue weighted by Gasteiger charge is 2.14. The first kappa shape index (κ1) is 10.9. The Bertz CT molecular complexity index is 185. The highest BCUT2D eigenvalue weighted by Crippen LogP contribution is 2.03. The Kier molecular flexibility index (Phi) is 4.63. The first-order valence-electron chi connectivity index (χ1n) is 3.47. The van der Waals surface area contributed by atoms with Crippen LogP contribution in [0.2, 0.25) is 0 Å². The lowest BCUT2D eigenvalue weighted by atomic mass is 10.2. The van der Waals surface area contributed by atoms with Crippen LogP contribution >= 0.6 is 0 Å². The van der Waals surface area contributed by atoms with Gasteiger partial charge in [0, 0.05) is 7.11 Å². The number of hydrogen-bond donors (Lipinski definition) is 1. The lowest BCUT2D eigenvalue weighted by molar-refractivity contribution is 0.111. The van der Waals surface area contributed by atoms with E-state index in [1.54, 1.807) is 0 Å². The van der Waals surface area contributed by atoms with Crippen molar-refractivity contribution in [3.05, 3.63) is 0 Å². The molecule has 0 amide bonds. The Morgan fingerprint density at radius 3 is 2.36 bits per heavy atom. The van der Waals surface area contributed by atoms with Crippen LogP contribution in [0.3, 0.4) is 0 Å². The summed E-state index contributed by atoms with van der Waals surface area (Å²) in [4.78, 5) is 0. The summed E-state index contributed by atoms with van der Waals surface area (Å²) in [6.07, 6.45) is 1.11. The molecule has 0 fully saturated rings. The standard InChI is InChI=1S/C6H14O4S/c1-3-4-6(10-2)5-11(7,8)9/h6H,3-5H2,1-2H3,(H,7,8,9).